The number of amides is 3. The van der Waals surface area contributed by atoms with Gasteiger partial charge >= 0.3 is 11.8 Å². The third kappa shape index (κ3) is 7.39. The van der Waals surface area contributed by atoms with Gasteiger partial charge in [0.2, 0.25) is 0 Å². The van der Waals surface area contributed by atoms with Gasteiger partial charge in [-0.25, -0.2) is 9.82 Å². The van der Waals surface area contributed by atoms with Crippen LogP contribution in [0.5, 0.6) is 11.5 Å². The van der Waals surface area contributed by atoms with Gasteiger partial charge in [-0.2, -0.15) is 5.10 Å². The standard InChI is InChI=1S/C25H23FN4O5/c1-16-6-5-7-18(12-16)28-23(31)15-35-21-11-10-17(13-22(21)34-2)14-27-30-25(33)24(32)29-20-9-4-3-8-19(20)26/h3-14H,15H2,1-2H3,(H,28,31)(H,29,32)(H,30,33)/b27-14-. The highest BCUT2D eigenvalue weighted by Crippen LogP contribution is 2.27. The lowest BCUT2D eigenvalue weighted by Gasteiger charge is -2.11. The molecule has 0 saturated carbocycles. The number of hydrogen-bond donors (Lipinski definition) is 3. The van der Waals surface area contributed by atoms with E-state index >= 15 is 0 Å². The van der Waals surface area contributed by atoms with Crippen LogP contribution in [-0.2, 0) is 14.4 Å². The first kappa shape index (κ1) is 24.9. The normalized spacial score (nSPS) is 10.5. The van der Waals surface area contributed by atoms with Gasteiger partial charge in [0.05, 0.1) is 19.0 Å². The minimum absolute atomic E-state index is 0.121. The molecule has 10 heteroatoms. The lowest BCUT2D eigenvalue weighted by Crippen LogP contribution is -2.32. The Morgan fingerprint density at radius 3 is 2.49 bits per heavy atom. The predicted molar refractivity (Wildman–Crippen MR) is 129 cm³/mol. The number of benzene rings is 3. The largest absolute Gasteiger partial charge is 0.493 e. The van der Waals surface area contributed by atoms with Crippen molar-refractivity contribution in [2.75, 3.05) is 24.4 Å². The Hall–Kier alpha value is -4.73. The van der Waals surface area contributed by atoms with Gasteiger partial charge in [0.25, 0.3) is 5.91 Å². The maximum Gasteiger partial charge on any atom is 0.329 e. The molecule has 3 aromatic carbocycles. The summed E-state index contributed by atoms with van der Waals surface area (Å²) in [6.45, 7) is 1.69. The smallest absolute Gasteiger partial charge is 0.329 e. The first-order chi connectivity index (χ1) is 16.9. The van der Waals surface area contributed by atoms with Gasteiger partial charge in [0, 0.05) is 5.69 Å². The minimum atomic E-state index is -1.07. The van der Waals surface area contributed by atoms with Crippen molar-refractivity contribution < 1.29 is 28.2 Å². The van der Waals surface area contributed by atoms with E-state index in [1.807, 2.05) is 25.1 Å². The summed E-state index contributed by atoms with van der Waals surface area (Å²) in [5.41, 5.74) is 4.15. The predicted octanol–water partition coefficient (Wildman–Crippen LogP) is 3.25. The number of nitrogens with zero attached hydrogens (tertiary/aromatic N) is 1. The van der Waals surface area contributed by atoms with Crippen LogP contribution in [0.2, 0.25) is 0 Å². The average Bonchev–Trinajstić information content (AvgIpc) is 2.84. The van der Waals surface area contributed by atoms with E-state index in [9.17, 15) is 18.8 Å². The third-order valence-electron chi connectivity index (χ3n) is 4.56. The average molecular weight is 478 g/mol. The van der Waals surface area contributed by atoms with E-state index in [0.29, 0.717) is 22.7 Å². The molecular formula is C25H23FN4O5. The Kier molecular flexibility index (Phi) is 8.49. The molecule has 0 aliphatic carbocycles. The fourth-order valence-electron chi connectivity index (χ4n) is 2.90. The van der Waals surface area contributed by atoms with Gasteiger partial charge in [-0.05, 0) is 60.5 Å². The molecule has 35 heavy (non-hydrogen) atoms. The molecule has 0 bridgehead atoms. The van der Waals surface area contributed by atoms with Crippen LogP contribution in [-0.4, -0.2) is 37.7 Å². The van der Waals surface area contributed by atoms with E-state index in [-0.39, 0.29) is 18.2 Å². The van der Waals surface area contributed by atoms with E-state index in [2.05, 4.69) is 21.2 Å². The molecule has 0 heterocycles. The topological polar surface area (TPSA) is 118 Å². The van der Waals surface area contributed by atoms with Crippen molar-refractivity contribution >= 4 is 35.3 Å². The summed E-state index contributed by atoms with van der Waals surface area (Å²) in [4.78, 5) is 35.9. The monoisotopic (exact) mass is 478 g/mol. The summed E-state index contributed by atoms with van der Waals surface area (Å²) in [5.74, 6) is -2.48. The van der Waals surface area contributed by atoms with Crippen LogP contribution in [0.15, 0.2) is 71.8 Å². The van der Waals surface area contributed by atoms with E-state index in [0.717, 1.165) is 11.6 Å². The first-order valence-electron chi connectivity index (χ1n) is 10.4. The number of hydrazone groups is 1. The highest BCUT2D eigenvalue weighted by atomic mass is 19.1. The molecule has 0 atom stereocenters. The lowest BCUT2D eigenvalue weighted by atomic mass is 10.2. The summed E-state index contributed by atoms with van der Waals surface area (Å²) in [6.07, 6.45) is 1.28. The molecule has 0 fully saturated rings. The molecule has 180 valence electrons. The van der Waals surface area contributed by atoms with Gasteiger partial charge in [0.1, 0.15) is 5.82 Å². The van der Waals surface area contributed by atoms with Crippen LogP contribution >= 0.6 is 0 Å². The summed E-state index contributed by atoms with van der Waals surface area (Å²) in [6, 6.07) is 17.6. The second-order valence-corrected chi connectivity index (χ2v) is 7.25. The van der Waals surface area contributed by atoms with Crippen molar-refractivity contribution in [2.45, 2.75) is 6.92 Å². The van der Waals surface area contributed by atoms with Crippen molar-refractivity contribution in [1.29, 1.82) is 0 Å². The SMILES string of the molecule is COc1cc(/C=N\NC(=O)C(=O)Nc2ccccc2F)ccc1OCC(=O)Nc1cccc(C)c1. The third-order valence-corrected chi connectivity index (χ3v) is 4.56. The highest BCUT2D eigenvalue weighted by molar-refractivity contribution is 6.39. The number of rotatable bonds is 8. The van der Waals surface area contributed by atoms with Crippen LogP contribution in [0.25, 0.3) is 0 Å². The minimum Gasteiger partial charge on any atom is -0.493 e. The zero-order chi connectivity index (χ0) is 25.2. The number of ether oxygens (including phenoxy) is 2. The number of halogens is 1. The van der Waals surface area contributed by atoms with Crippen molar-refractivity contribution in [3.05, 3.63) is 83.7 Å². The number of carbonyl (C=O) groups is 3. The fraction of sp³-hybridized carbons (Fsp3) is 0.120. The number of anilines is 2. The maximum atomic E-state index is 13.6. The lowest BCUT2D eigenvalue weighted by molar-refractivity contribution is -0.136. The molecule has 0 spiro atoms. The van der Waals surface area contributed by atoms with Crippen molar-refractivity contribution in [3.8, 4) is 11.5 Å². The van der Waals surface area contributed by atoms with Gasteiger partial charge in [-0.3, -0.25) is 14.4 Å². The molecule has 0 saturated heterocycles. The number of nitrogens with one attached hydrogen (secondary N) is 3. The molecule has 0 radical (unpaired) electrons. The molecule has 9 nitrogen and oxygen atoms in total. The maximum absolute atomic E-state index is 13.6. The van der Waals surface area contributed by atoms with E-state index < -0.39 is 17.6 Å². The summed E-state index contributed by atoms with van der Waals surface area (Å²) in [5, 5.41) is 8.62. The Bertz CT molecular complexity index is 1260. The van der Waals surface area contributed by atoms with Crippen LogP contribution in [0, 0.1) is 12.7 Å². The van der Waals surface area contributed by atoms with Crippen molar-refractivity contribution in [2.24, 2.45) is 5.10 Å². The second kappa shape index (κ2) is 11.9. The summed E-state index contributed by atoms with van der Waals surface area (Å²) in [7, 11) is 1.44. The van der Waals surface area contributed by atoms with Crippen LogP contribution in [0.4, 0.5) is 15.8 Å². The molecule has 3 aromatic rings. The molecule has 0 aromatic heterocycles. The van der Waals surface area contributed by atoms with Crippen molar-refractivity contribution in [1.82, 2.24) is 5.43 Å². The molecule has 0 aliphatic rings. The van der Waals surface area contributed by atoms with Gasteiger partial charge < -0.3 is 20.1 Å². The van der Waals surface area contributed by atoms with Crippen LogP contribution in [0.1, 0.15) is 11.1 Å². The highest BCUT2D eigenvalue weighted by Gasteiger charge is 2.15. The van der Waals surface area contributed by atoms with Crippen molar-refractivity contribution in [3.63, 3.8) is 0 Å². The van der Waals surface area contributed by atoms with Crippen LogP contribution < -0.4 is 25.5 Å². The molecular weight excluding hydrogens is 455 g/mol. The van der Waals surface area contributed by atoms with E-state index in [1.165, 1.54) is 31.5 Å². The Labute approximate surface area is 200 Å². The Morgan fingerprint density at radius 1 is 0.943 bits per heavy atom. The Morgan fingerprint density at radius 2 is 1.74 bits per heavy atom. The molecule has 0 aliphatic heterocycles. The Balaban J connectivity index is 1.53. The zero-order valence-corrected chi connectivity index (χ0v) is 19.0. The molecule has 3 amide bonds. The van der Waals surface area contributed by atoms with E-state index in [4.69, 9.17) is 9.47 Å². The van der Waals surface area contributed by atoms with E-state index in [1.54, 1.807) is 24.3 Å². The van der Waals surface area contributed by atoms with Gasteiger partial charge in [-0.1, -0.05) is 24.3 Å². The zero-order valence-electron chi connectivity index (χ0n) is 19.0. The molecule has 0 unspecified atom stereocenters. The number of methoxy groups -OCH3 is 1. The quantitative estimate of drug-likeness (QED) is 0.261. The number of hydrogen-bond acceptors (Lipinski definition) is 6. The first-order valence-corrected chi connectivity index (χ1v) is 10.4. The molecule has 3 N–H and O–H groups in total. The summed E-state index contributed by atoms with van der Waals surface area (Å²) >= 11 is 0. The van der Waals surface area contributed by atoms with Crippen LogP contribution in [0.3, 0.4) is 0 Å². The molecule has 3 rings (SSSR count). The van der Waals surface area contributed by atoms with Gasteiger partial charge in [-0.15, -0.1) is 0 Å². The fourth-order valence-corrected chi connectivity index (χ4v) is 2.90. The number of carbonyl (C=O) groups excluding carboxylic acids is 3. The van der Waals surface area contributed by atoms with Gasteiger partial charge in [0.15, 0.2) is 18.1 Å². The number of aryl methyl sites for hydroxylation is 1. The summed E-state index contributed by atoms with van der Waals surface area (Å²) < 4.78 is 24.4. The second-order valence-electron chi connectivity index (χ2n) is 7.25. The number of para-hydroxylation sites is 1.